The minimum Gasteiger partial charge on any atom is -0.278 e. The molecule has 0 aliphatic heterocycles. The Kier molecular flexibility index (Phi) is 6.25. The number of aryl methyl sites for hydroxylation is 1. The van der Waals surface area contributed by atoms with Gasteiger partial charge in [0.15, 0.2) is 0 Å². The molecule has 4 aromatic heterocycles. The molecule has 0 saturated heterocycles. The number of rotatable bonds is 3. The van der Waals surface area contributed by atoms with Crippen molar-refractivity contribution < 1.29 is 0 Å². The predicted molar refractivity (Wildman–Crippen MR) is 138 cm³/mol. The highest BCUT2D eigenvalue weighted by molar-refractivity contribution is 6.32. The van der Waals surface area contributed by atoms with Crippen molar-refractivity contribution >= 4 is 45.0 Å². The van der Waals surface area contributed by atoms with E-state index in [2.05, 4.69) is 38.3 Å². The van der Waals surface area contributed by atoms with Gasteiger partial charge in [0, 0.05) is 47.0 Å². The lowest BCUT2D eigenvalue weighted by Gasteiger charge is -2.02. The highest BCUT2D eigenvalue weighted by Crippen LogP contribution is 2.29. The molecule has 2 aromatic carbocycles. The Morgan fingerprint density at radius 1 is 0.824 bits per heavy atom. The summed E-state index contributed by atoms with van der Waals surface area (Å²) in [6.45, 7) is 2.95. The topological polar surface area (TPSA) is 72.3 Å². The van der Waals surface area contributed by atoms with Crippen molar-refractivity contribution in [2.45, 2.75) is 13.5 Å². The summed E-state index contributed by atoms with van der Waals surface area (Å²) in [4.78, 5) is 8.17. The number of nitrogens with zero attached hydrogens (tertiary/aromatic N) is 5. The molecule has 6 nitrogen and oxygen atoms in total. The summed E-state index contributed by atoms with van der Waals surface area (Å²) in [7, 11) is 0. The molecule has 4 heterocycles. The monoisotopic (exact) mass is 486 g/mol. The molecular formula is C26H20Cl2N6. The lowest BCUT2D eigenvalue weighted by molar-refractivity contribution is 0.668. The van der Waals surface area contributed by atoms with Crippen LogP contribution in [-0.4, -0.2) is 29.9 Å². The zero-order valence-electron chi connectivity index (χ0n) is 18.3. The average molecular weight is 487 g/mol. The first-order valence-corrected chi connectivity index (χ1v) is 11.5. The van der Waals surface area contributed by atoms with Crippen molar-refractivity contribution in [2.75, 3.05) is 0 Å². The summed E-state index contributed by atoms with van der Waals surface area (Å²) in [6.07, 6.45) is 7.22. The third kappa shape index (κ3) is 4.51. The number of fused-ring (bicyclic) bond motifs is 2. The molecule has 0 fully saturated rings. The van der Waals surface area contributed by atoms with E-state index in [-0.39, 0.29) is 0 Å². The second kappa shape index (κ2) is 9.63. The van der Waals surface area contributed by atoms with Crippen molar-refractivity contribution in [3.05, 3.63) is 95.8 Å². The molecule has 1 N–H and O–H groups in total. The van der Waals surface area contributed by atoms with Crippen LogP contribution in [0.4, 0.5) is 0 Å². The zero-order chi connectivity index (χ0) is 23.5. The van der Waals surface area contributed by atoms with Crippen LogP contribution in [0.5, 0.6) is 0 Å². The molecule has 0 spiro atoms. The number of hydrogen-bond donors (Lipinski definition) is 1. The summed E-state index contributed by atoms with van der Waals surface area (Å²) < 4.78 is 1.93. The van der Waals surface area contributed by atoms with Crippen LogP contribution in [0.1, 0.15) is 6.92 Å². The van der Waals surface area contributed by atoms with E-state index in [4.69, 9.17) is 23.2 Å². The molecule has 0 amide bonds. The van der Waals surface area contributed by atoms with Crippen LogP contribution in [0.2, 0.25) is 10.3 Å². The van der Waals surface area contributed by atoms with Gasteiger partial charge in [-0.15, -0.1) is 0 Å². The van der Waals surface area contributed by atoms with Crippen molar-refractivity contribution in [3.8, 4) is 22.3 Å². The zero-order valence-corrected chi connectivity index (χ0v) is 19.8. The fourth-order valence-electron chi connectivity index (χ4n) is 3.72. The minimum absolute atomic E-state index is 0.519. The Bertz CT molecular complexity index is 1590. The molecule has 0 saturated carbocycles. The number of nitrogens with one attached hydrogen (secondary N) is 1. The number of aromatic amines is 1. The Morgan fingerprint density at radius 3 is 2.12 bits per heavy atom. The standard InChI is InChI=1S/C14H12ClN3.C12H8ClN3/c1-2-18-9-11-8-10(5-6-13(11)17-18)12-4-3-7-16-14(12)15;13-12-10(2-1-5-14-12)8-3-4-11-9(6-8)7-15-16-11/h3-9H,2H2,1H3;1-7H,(H,15,16). The van der Waals surface area contributed by atoms with Crippen LogP contribution in [0.3, 0.4) is 0 Å². The molecule has 0 aliphatic carbocycles. The van der Waals surface area contributed by atoms with E-state index in [9.17, 15) is 0 Å². The Labute approximate surface area is 206 Å². The van der Waals surface area contributed by atoms with Crippen LogP contribution in [0.15, 0.2) is 85.5 Å². The van der Waals surface area contributed by atoms with E-state index >= 15 is 0 Å². The molecule has 0 bridgehead atoms. The van der Waals surface area contributed by atoms with Crippen LogP contribution in [0, 0.1) is 0 Å². The third-order valence-corrected chi connectivity index (χ3v) is 6.06. The SMILES string of the molecule is CCn1cc2cc(-c3cccnc3Cl)ccc2n1.Clc1ncccc1-c1ccc2[nH]ncc2c1. The summed E-state index contributed by atoms with van der Waals surface area (Å²) in [5, 5.41) is 14.6. The van der Waals surface area contributed by atoms with Crippen molar-refractivity contribution in [2.24, 2.45) is 0 Å². The van der Waals surface area contributed by atoms with Crippen LogP contribution in [-0.2, 0) is 6.54 Å². The maximum absolute atomic E-state index is 6.11. The summed E-state index contributed by atoms with van der Waals surface area (Å²) >= 11 is 12.2. The first kappa shape index (κ1) is 22.1. The lowest BCUT2D eigenvalue weighted by Crippen LogP contribution is -1.92. The molecule has 0 atom stereocenters. The minimum atomic E-state index is 0.519. The van der Waals surface area contributed by atoms with E-state index in [1.54, 1.807) is 18.6 Å². The number of pyridine rings is 2. The molecule has 0 aliphatic rings. The molecule has 6 aromatic rings. The van der Waals surface area contributed by atoms with Gasteiger partial charge in [-0.1, -0.05) is 35.3 Å². The maximum atomic E-state index is 6.11. The Balaban J connectivity index is 0.000000142. The number of hydrogen-bond acceptors (Lipinski definition) is 4. The highest BCUT2D eigenvalue weighted by Gasteiger charge is 2.07. The van der Waals surface area contributed by atoms with Gasteiger partial charge < -0.3 is 0 Å². The Hall–Kier alpha value is -3.74. The second-order valence-electron chi connectivity index (χ2n) is 7.61. The molecule has 6 rings (SSSR count). The molecule has 8 heteroatoms. The van der Waals surface area contributed by atoms with Gasteiger partial charge in [0.05, 0.1) is 17.2 Å². The molecule has 0 radical (unpaired) electrons. The van der Waals surface area contributed by atoms with Crippen molar-refractivity contribution in [3.63, 3.8) is 0 Å². The molecule has 168 valence electrons. The summed E-state index contributed by atoms with van der Waals surface area (Å²) in [5.74, 6) is 0. The van der Waals surface area contributed by atoms with Gasteiger partial charge in [0.25, 0.3) is 0 Å². The second-order valence-corrected chi connectivity index (χ2v) is 8.33. The van der Waals surface area contributed by atoms with Gasteiger partial charge in [0.2, 0.25) is 0 Å². The molecule has 34 heavy (non-hydrogen) atoms. The van der Waals surface area contributed by atoms with E-state index in [0.717, 1.165) is 50.6 Å². The quantitative estimate of drug-likeness (QED) is 0.272. The maximum Gasteiger partial charge on any atom is 0.136 e. The van der Waals surface area contributed by atoms with Gasteiger partial charge in [-0.3, -0.25) is 9.78 Å². The Morgan fingerprint density at radius 2 is 1.47 bits per heavy atom. The van der Waals surface area contributed by atoms with Gasteiger partial charge in [-0.2, -0.15) is 10.2 Å². The normalized spacial score (nSPS) is 10.9. The summed E-state index contributed by atoms with van der Waals surface area (Å²) in [5.41, 5.74) is 6.02. The van der Waals surface area contributed by atoms with E-state index in [1.165, 1.54) is 0 Å². The first-order valence-electron chi connectivity index (χ1n) is 10.7. The van der Waals surface area contributed by atoms with Gasteiger partial charge in [0.1, 0.15) is 10.3 Å². The number of aromatic nitrogens is 6. The predicted octanol–water partition coefficient (Wildman–Crippen LogP) is 7.05. The van der Waals surface area contributed by atoms with E-state index in [1.807, 2.05) is 65.5 Å². The number of H-pyrrole nitrogens is 1. The first-order chi connectivity index (χ1) is 16.6. The largest absolute Gasteiger partial charge is 0.278 e. The van der Waals surface area contributed by atoms with Crippen LogP contribution >= 0.6 is 23.2 Å². The lowest BCUT2D eigenvalue weighted by atomic mass is 10.1. The molecule has 0 unspecified atom stereocenters. The smallest absolute Gasteiger partial charge is 0.136 e. The fourth-order valence-corrected chi connectivity index (χ4v) is 4.18. The van der Waals surface area contributed by atoms with Gasteiger partial charge >= 0.3 is 0 Å². The van der Waals surface area contributed by atoms with Gasteiger partial charge in [-0.05, 0) is 66.6 Å². The van der Waals surface area contributed by atoms with Crippen molar-refractivity contribution in [1.29, 1.82) is 0 Å². The van der Waals surface area contributed by atoms with Crippen molar-refractivity contribution in [1.82, 2.24) is 29.9 Å². The van der Waals surface area contributed by atoms with E-state index in [0.29, 0.717) is 10.3 Å². The van der Waals surface area contributed by atoms with Gasteiger partial charge in [-0.25, -0.2) is 9.97 Å². The average Bonchev–Trinajstić information content (AvgIpc) is 3.50. The number of halogens is 2. The molecular weight excluding hydrogens is 467 g/mol. The number of benzene rings is 2. The summed E-state index contributed by atoms with van der Waals surface area (Å²) in [6, 6.07) is 19.9. The fraction of sp³-hybridized carbons (Fsp3) is 0.0769. The third-order valence-electron chi connectivity index (χ3n) is 5.46. The highest BCUT2D eigenvalue weighted by atomic mass is 35.5. The van der Waals surface area contributed by atoms with Crippen LogP contribution < -0.4 is 0 Å². The van der Waals surface area contributed by atoms with Crippen LogP contribution in [0.25, 0.3) is 44.1 Å². The van der Waals surface area contributed by atoms with E-state index < -0.39 is 0 Å².